The third-order valence-electron chi connectivity index (χ3n) is 4.93. The lowest BCUT2D eigenvalue weighted by atomic mass is 9.86. The van der Waals surface area contributed by atoms with Gasteiger partial charge in [0.15, 0.2) is 0 Å². The summed E-state index contributed by atoms with van der Waals surface area (Å²) in [6.07, 6.45) is 6.89. The number of anilines is 2. The first-order valence-corrected chi connectivity index (χ1v) is 9.57. The van der Waals surface area contributed by atoms with E-state index < -0.39 is 0 Å². The minimum atomic E-state index is -0.163. The Morgan fingerprint density at radius 1 is 1.00 bits per heavy atom. The monoisotopic (exact) mass is 351 g/mol. The first-order chi connectivity index (χ1) is 12.4. The Kier molecular flexibility index (Phi) is 5.60. The van der Waals surface area contributed by atoms with Gasteiger partial charge in [0.25, 0.3) is 5.91 Å². The van der Waals surface area contributed by atoms with Crippen LogP contribution in [0.3, 0.4) is 0 Å². The van der Waals surface area contributed by atoms with Crippen molar-refractivity contribution in [3.05, 3.63) is 53.9 Å². The largest absolute Gasteiger partial charge is 0.370 e. The van der Waals surface area contributed by atoms with Gasteiger partial charge in [0.2, 0.25) is 0 Å². The van der Waals surface area contributed by atoms with E-state index in [1.165, 1.54) is 25.7 Å². The molecule has 2 heterocycles. The van der Waals surface area contributed by atoms with Gasteiger partial charge in [0, 0.05) is 18.8 Å². The number of benzene rings is 1. The van der Waals surface area contributed by atoms with Crippen molar-refractivity contribution < 1.29 is 4.79 Å². The molecule has 0 saturated carbocycles. The van der Waals surface area contributed by atoms with Crippen LogP contribution >= 0.6 is 0 Å². The zero-order valence-electron chi connectivity index (χ0n) is 16.1. The summed E-state index contributed by atoms with van der Waals surface area (Å²) in [5.41, 5.74) is 3.50. The number of pyridine rings is 1. The van der Waals surface area contributed by atoms with E-state index >= 15 is 0 Å². The fraction of sp³-hybridized carbons (Fsp3) is 0.455. The van der Waals surface area contributed by atoms with Crippen molar-refractivity contribution in [3.8, 4) is 0 Å². The second-order valence-electron chi connectivity index (χ2n) is 8.05. The molecule has 0 radical (unpaired) electrons. The standard InChI is InChI=1S/C22H29N3O/c1-22(2,3)18-10-6-7-11-19(18)24-21(26)20-13-12-17(16-23-20)25-14-8-4-5-9-15-25/h6-7,10-13,16H,4-5,8-9,14-15H2,1-3H3,(H,24,26). The van der Waals surface area contributed by atoms with E-state index in [0.29, 0.717) is 5.69 Å². The number of aromatic nitrogens is 1. The maximum Gasteiger partial charge on any atom is 0.274 e. The van der Waals surface area contributed by atoms with Gasteiger partial charge in [0.1, 0.15) is 5.69 Å². The summed E-state index contributed by atoms with van der Waals surface area (Å²) in [7, 11) is 0. The molecule has 138 valence electrons. The van der Waals surface area contributed by atoms with Crippen molar-refractivity contribution >= 4 is 17.3 Å². The van der Waals surface area contributed by atoms with Crippen LogP contribution in [0.5, 0.6) is 0 Å². The van der Waals surface area contributed by atoms with Crippen molar-refractivity contribution in [1.29, 1.82) is 0 Å². The number of rotatable bonds is 3. The number of carbonyl (C=O) groups excluding carboxylic acids is 1. The van der Waals surface area contributed by atoms with Gasteiger partial charge in [-0.2, -0.15) is 0 Å². The van der Waals surface area contributed by atoms with Crippen LogP contribution in [0.2, 0.25) is 0 Å². The lowest BCUT2D eigenvalue weighted by Gasteiger charge is -2.23. The first-order valence-electron chi connectivity index (χ1n) is 9.57. The number of nitrogens with one attached hydrogen (secondary N) is 1. The molecule has 4 heteroatoms. The lowest BCUT2D eigenvalue weighted by Crippen LogP contribution is -2.24. The molecule has 0 spiro atoms. The number of carbonyl (C=O) groups is 1. The van der Waals surface area contributed by atoms with Gasteiger partial charge in [-0.15, -0.1) is 0 Å². The molecule has 0 aliphatic carbocycles. The highest BCUT2D eigenvalue weighted by Crippen LogP contribution is 2.29. The minimum absolute atomic E-state index is 0.0338. The quantitative estimate of drug-likeness (QED) is 0.845. The summed E-state index contributed by atoms with van der Waals surface area (Å²) < 4.78 is 0. The summed E-state index contributed by atoms with van der Waals surface area (Å²) in [6, 6.07) is 11.8. The lowest BCUT2D eigenvalue weighted by molar-refractivity contribution is 0.102. The van der Waals surface area contributed by atoms with E-state index in [2.05, 4.69) is 42.0 Å². The predicted molar refractivity (Wildman–Crippen MR) is 108 cm³/mol. The van der Waals surface area contributed by atoms with Crippen LogP contribution in [0.4, 0.5) is 11.4 Å². The molecule has 1 aliphatic rings. The Bertz CT molecular complexity index is 739. The Morgan fingerprint density at radius 2 is 1.69 bits per heavy atom. The molecule has 1 amide bonds. The van der Waals surface area contributed by atoms with Crippen LogP contribution in [-0.2, 0) is 5.41 Å². The topological polar surface area (TPSA) is 45.2 Å². The van der Waals surface area contributed by atoms with E-state index in [0.717, 1.165) is 30.0 Å². The molecule has 1 saturated heterocycles. The van der Waals surface area contributed by atoms with Gasteiger partial charge in [-0.3, -0.25) is 4.79 Å². The van der Waals surface area contributed by atoms with E-state index in [9.17, 15) is 4.79 Å². The normalized spacial score (nSPS) is 15.4. The van der Waals surface area contributed by atoms with Crippen LogP contribution < -0.4 is 10.2 Å². The molecular formula is C22H29N3O. The Labute approximate surface area is 156 Å². The van der Waals surface area contributed by atoms with Crippen LogP contribution in [0.1, 0.15) is 62.5 Å². The highest BCUT2D eigenvalue weighted by molar-refractivity contribution is 6.03. The summed E-state index contributed by atoms with van der Waals surface area (Å²) in [4.78, 5) is 19.4. The minimum Gasteiger partial charge on any atom is -0.370 e. The number of amides is 1. The van der Waals surface area contributed by atoms with Gasteiger partial charge >= 0.3 is 0 Å². The van der Waals surface area contributed by atoms with Crippen molar-refractivity contribution in [2.24, 2.45) is 0 Å². The number of para-hydroxylation sites is 1. The third-order valence-corrected chi connectivity index (χ3v) is 4.93. The van der Waals surface area contributed by atoms with E-state index in [1.54, 1.807) is 0 Å². The zero-order chi connectivity index (χ0) is 18.6. The molecule has 3 rings (SSSR count). The van der Waals surface area contributed by atoms with Crippen LogP contribution in [-0.4, -0.2) is 24.0 Å². The molecular weight excluding hydrogens is 322 g/mol. The molecule has 1 aliphatic heterocycles. The second kappa shape index (κ2) is 7.90. The first kappa shape index (κ1) is 18.4. The maximum absolute atomic E-state index is 12.6. The predicted octanol–water partition coefficient (Wildman–Crippen LogP) is 5.01. The summed E-state index contributed by atoms with van der Waals surface area (Å²) in [5.74, 6) is -0.163. The summed E-state index contributed by atoms with van der Waals surface area (Å²) in [5, 5.41) is 3.03. The van der Waals surface area contributed by atoms with Gasteiger partial charge < -0.3 is 10.2 Å². The summed E-state index contributed by atoms with van der Waals surface area (Å²) in [6.45, 7) is 8.59. The van der Waals surface area contributed by atoms with E-state index in [4.69, 9.17) is 0 Å². The van der Waals surface area contributed by atoms with Crippen molar-refractivity contribution in [1.82, 2.24) is 4.98 Å². The van der Waals surface area contributed by atoms with Crippen molar-refractivity contribution in [2.45, 2.75) is 51.9 Å². The zero-order valence-corrected chi connectivity index (χ0v) is 16.1. The molecule has 1 N–H and O–H groups in total. The van der Waals surface area contributed by atoms with Crippen molar-refractivity contribution in [3.63, 3.8) is 0 Å². The molecule has 1 fully saturated rings. The van der Waals surface area contributed by atoms with Gasteiger partial charge in [-0.05, 0) is 42.0 Å². The second-order valence-corrected chi connectivity index (χ2v) is 8.05. The number of hydrogen-bond acceptors (Lipinski definition) is 3. The molecule has 0 unspecified atom stereocenters. The Hall–Kier alpha value is -2.36. The average Bonchev–Trinajstić information content (AvgIpc) is 2.91. The number of hydrogen-bond donors (Lipinski definition) is 1. The van der Waals surface area contributed by atoms with Gasteiger partial charge in [-0.1, -0.05) is 51.8 Å². The molecule has 1 aromatic carbocycles. The molecule has 1 aromatic heterocycles. The van der Waals surface area contributed by atoms with Crippen molar-refractivity contribution in [2.75, 3.05) is 23.3 Å². The van der Waals surface area contributed by atoms with E-state index in [-0.39, 0.29) is 11.3 Å². The Morgan fingerprint density at radius 3 is 2.31 bits per heavy atom. The van der Waals surface area contributed by atoms with Crippen LogP contribution in [0.25, 0.3) is 0 Å². The molecule has 4 nitrogen and oxygen atoms in total. The third kappa shape index (κ3) is 4.43. The summed E-state index contributed by atoms with van der Waals surface area (Å²) >= 11 is 0. The van der Waals surface area contributed by atoms with Crippen LogP contribution in [0, 0.1) is 0 Å². The molecule has 0 atom stereocenters. The fourth-order valence-corrected chi connectivity index (χ4v) is 3.47. The highest BCUT2D eigenvalue weighted by atomic mass is 16.1. The number of nitrogens with zero attached hydrogens (tertiary/aromatic N) is 2. The SMILES string of the molecule is CC(C)(C)c1ccccc1NC(=O)c1ccc(N2CCCCCC2)cn1. The molecule has 0 bridgehead atoms. The van der Waals surface area contributed by atoms with Gasteiger partial charge in [-0.25, -0.2) is 4.98 Å². The smallest absolute Gasteiger partial charge is 0.274 e. The fourth-order valence-electron chi connectivity index (χ4n) is 3.47. The maximum atomic E-state index is 12.6. The molecule has 26 heavy (non-hydrogen) atoms. The van der Waals surface area contributed by atoms with E-state index in [1.807, 2.05) is 36.5 Å². The molecule has 2 aromatic rings. The van der Waals surface area contributed by atoms with Gasteiger partial charge in [0.05, 0.1) is 11.9 Å². The highest BCUT2D eigenvalue weighted by Gasteiger charge is 2.19. The Balaban J connectivity index is 1.73. The van der Waals surface area contributed by atoms with Crippen LogP contribution in [0.15, 0.2) is 42.6 Å². The average molecular weight is 351 g/mol.